The minimum absolute atomic E-state index is 0.176. The Kier molecular flexibility index (Phi) is 3.53. The van der Waals surface area contributed by atoms with Crippen molar-refractivity contribution in [2.24, 2.45) is 7.05 Å². The predicted octanol–water partition coefficient (Wildman–Crippen LogP) is 3.10. The van der Waals surface area contributed by atoms with Gasteiger partial charge in [-0.3, -0.25) is 14.5 Å². The van der Waals surface area contributed by atoms with Gasteiger partial charge in [-0.2, -0.15) is 16.4 Å². The molecule has 0 saturated heterocycles. The summed E-state index contributed by atoms with van der Waals surface area (Å²) in [6.45, 7) is 1.84. The summed E-state index contributed by atoms with van der Waals surface area (Å²) in [5.41, 5.74) is 3.90. The molecule has 3 aromatic heterocycles. The number of nitrogens with zero attached hydrogens (tertiary/aromatic N) is 3. The number of aromatic nitrogens is 3. The molecule has 0 bridgehead atoms. The van der Waals surface area contributed by atoms with E-state index in [9.17, 15) is 4.79 Å². The lowest BCUT2D eigenvalue weighted by Crippen LogP contribution is -2.13. The molecule has 0 radical (unpaired) electrons. The van der Waals surface area contributed by atoms with Crippen LogP contribution in [-0.2, 0) is 7.05 Å². The van der Waals surface area contributed by atoms with Gasteiger partial charge in [0.05, 0.1) is 28.8 Å². The fraction of sp³-hybridized carbons (Fsp3) is 0.133. The van der Waals surface area contributed by atoms with Crippen LogP contribution in [0.2, 0.25) is 0 Å². The Morgan fingerprint density at radius 1 is 1.33 bits per heavy atom. The van der Waals surface area contributed by atoms with Gasteiger partial charge in [0.15, 0.2) is 0 Å². The lowest BCUT2D eigenvalue weighted by atomic mass is 10.1. The third-order valence-electron chi connectivity index (χ3n) is 3.11. The summed E-state index contributed by atoms with van der Waals surface area (Å²) in [7, 11) is 1.80. The zero-order valence-corrected chi connectivity index (χ0v) is 12.5. The summed E-state index contributed by atoms with van der Waals surface area (Å²) in [4.78, 5) is 16.8. The predicted molar refractivity (Wildman–Crippen MR) is 83.4 cm³/mol. The molecule has 1 amide bonds. The van der Waals surface area contributed by atoms with E-state index in [-0.39, 0.29) is 5.91 Å². The van der Waals surface area contributed by atoms with E-state index >= 15 is 0 Å². The standard InChI is InChI=1S/C15H14N4OS/c1-10-13(15(20)18-12-7-16-19(2)8-12)3-4-14(17-10)11-5-6-21-9-11/h3-9H,1-2H3,(H,18,20). The molecule has 0 aliphatic rings. The topological polar surface area (TPSA) is 59.8 Å². The second kappa shape index (κ2) is 5.49. The molecule has 0 spiro atoms. The van der Waals surface area contributed by atoms with Gasteiger partial charge in [-0.1, -0.05) is 0 Å². The lowest BCUT2D eigenvalue weighted by Gasteiger charge is -2.07. The first kappa shape index (κ1) is 13.5. The summed E-state index contributed by atoms with van der Waals surface area (Å²) in [6.07, 6.45) is 3.36. The van der Waals surface area contributed by atoms with Crippen LogP contribution < -0.4 is 5.32 Å². The molecular formula is C15H14N4OS. The number of amides is 1. The maximum absolute atomic E-state index is 12.3. The van der Waals surface area contributed by atoms with Crippen molar-refractivity contribution in [1.29, 1.82) is 0 Å². The number of nitrogens with one attached hydrogen (secondary N) is 1. The highest BCUT2D eigenvalue weighted by Gasteiger charge is 2.12. The largest absolute Gasteiger partial charge is 0.319 e. The highest BCUT2D eigenvalue weighted by atomic mass is 32.1. The Balaban J connectivity index is 1.84. The lowest BCUT2D eigenvalue weighted by molar-refractivity contribution is 0.102. The van der Waals surface area contributed by atoms with Gasteiger partial charge in [-0.05, 0) is 30.5 Å². The third-order valence-corrected chi connectivity index (χ3v) is 3.79. The molecule has 1 N–H and O–H groups in total. The highest BCUT2D eigenvalue weighted by Crippen LogP contribution is 2.21. The number of hydrogen-bond acceptors (Lipinski definition) is 4. The van der Waals surface area contributed by atoms with E-state index in [4.69, 9.17) is 0 Å². The van der Waals surface area contributed by atoms with Crippen molar-refractivity contribution in [2.45, 2.75) is 6.92 Å². The van der Waals surface area contributed by atoms with E-state index in [1.54, 1.807) is 41.5 Å². The van der Waals surface area contributed by atoms with Crippen molar-refractivity contribution >= 4 is 22.9 Å². The molecule has 3 heterocycles. The molecule has 5 nitrogen and oxygen atoms in total. The zero-order chi connectivity index (χ0) is 14.8. The Morgan fingerprint density at radius 2 is 2.19 bits per heavy atom. The monoisotopic (exact) mass is 298 g/mol. The summed E-state index contributed by atoms with van der Waals surface area (Å²) in [5, 5.41) is 10.9. The van der Waals surface area contributed by atoms with E-state index < -0.39 is 0 Å². The summed E-state index contributed by atoms with van der Waals surface area (Å²) in [6, 6.07) is 5.69. The number of aryl methyl sites for hydroxylation is 2. The van der Waals surface area contributed by atoms with Crippen LogP contribution in [-0.4, -0.2) is 20.7 Å². The summed E-state index contributed by atoms with van der Waals surface area (Å²) >= 11 is 1.63. The first-order valence-corrected chi connectivity index (χ1v) is 7.38. The maximum Gasteiger partial charge on any atom is 0.257 e. The molecule has 0 atom stereocenters. The van der Waals surface area contributed by atoms with Crippen molar-refractivity contribution in [3.05, 3.63) is 52.6 Å². The number of rotatable bonds is 3. The van der Waals surface area contributed by atoms with Crippen molar-refractivity contribution in [2.75, 3.05) is 5.32 Å². The van der Waals surface area contributed by atoms with E-state index in [0.717, 1.165) is 11.3 Å². The van der Waals surface area contributed by atoms with E-state index in [0.29, 0.717) is 16.9 Å². The number of hydrogen-bond donors (Lipinski definition) is 1. The minimum atomic E-state index is -0.176. The SMILES string of the molecule is Cc1nc(-c2ccsc2)ccc1C(=O)Nc1cnn(C)c1. The van der Waals surface area contributed by atoms with Gasteiger partial charge in [0, 0.05) is 24.2 Å². The fourth-order valence-electron chi connectivity index (χ4n) is 2.06. The molecule has 6 heteroatoms. The van der Waals surface area contributed by atoms with E-state index in [2.05, 4.69) is 15.4 Å². The molecule has 0 fully saturated rings. The Morgan fingerprint density at radius 3 is 2.81 bits per heavy atom. The maximum atomic E-state index is 12.3. The number of carbonyl (C=O) groups excluding carboxylic acids is 1. The minimum Gasteiger partial charge on any atom is -0.319 e. The number of pyridine rings is 1. The number of anilines is 1. The normalized spacial score (nSPS) is 10.6. The first-order valence-electron chi connectivity index (χ1n) is 6.44. The van der Waals surface area contributed by atoms with Crippen LogP contribution in [0.15, 0.2) is 41.4 Å². The van der Waals surface area contributed by atoms with Gasteiger partial charge < -0.3 is 5.32 Å². The number of thiophene rings is 1. The average molecular weight is 298 g/mol. The molecule has 0 unspecified atom stereocenters. The van der Waals surface area contributed by atoms with Crippen molar-refractivity contribution in [3.63, 3.8) is 0 Å². The molecule has 0 aliphatic carbocycles. The Bertz CT molecular complexity index is 777. The van der Waals surface area contributed by atoms with Gasteiger partial charge in [0.2, 0.25) is 0 Å². The van der Waals surface area contributed by atoms with E-state index in [1.165, 1.54) is 0 Å². The molecular weight excluding hydrogens is 284 g/mol. The third kappa shape index (κ3) is 2.85. The Labute approximate surface area is 126 Å². The highest BCUT2D eigenvalue weighted by molar-refractivity contribution is 7.08. The smallest absolute Gasteiger partial charge is 0.257 e. The first-order chi connectivity index (χ1) is 10.1. The molecule has 0 aromatic carbocycles. The average Bonchev–Trinajstić information content (AvgIpc) is 3.10. The molecule has 3 aromatic rings. The quantitative estimate of drug-likeness (QED) is 0.808. The second-order valence-electron chi connectivity index (χ2n) is 4.70. The van der Waals surface area contributed by atoms with Crippen LogP contribution >= 0.6 is 11.3 Å². The van der Waals surface area contributed by atoms with Crippen molar-refractivity contribution < 1.29 is 4.79 Å². The molecule has 21 heavy (non-hydrogen) atoms. The van der Waals surface area contributed by atoms with Crippen LogP contribution in [0.3, 0.4) is 0 Å². The second-order valence-corrected chi connectivity index (χ2v) is 5.48. The van der Waals surface area contributed by atoms with Gasteiger partial charge in [-0.25, -0.2) is 0 Å². The van der Waals surface area contributed by atoms with Crippen LogP contribution in [0.4, 0.5) is 5.69 Å². The van der Waals surface area contributed by atoms with Crippen LogP contribution in [0.5, 0.6) is 0 Å². The van der Waals surface area contributed by atoms with Crippen molar-refractivity contribution in [3.8, 4) is 11.3 Å². The van der Waals surface area contributed by atoms with Gasteiger partial charge >= 0.3 is 0 Å². The van der Waals surface area contributed by atoms with Crippen molar-refractivity contribution in [1.82, 2.24) is 14.8 Å². The fourth-order valence-corrected chi connectivity index (χ4v) is 2.71. The summed E-state index contributed by atoms with van der Waals surface area (Å²) < 4.78 is 1.64. The van der Waals surface area contributed by atoms with E-state index in [1.807, 2.05) is 29.8 Å². The zero-order valence-electron chi connectivity index (χ0n) is 11.7. The van der Waals surface area contributed by atoms with Gasteiger partial charge in [0.25, 0.3) is 5.91 Å². The molecule has 0 saturated carbocycles. The molecule has 3 rings (SSSR count). The molecule has 0 aliphatic heterocycles. The number of carbonyl (C=O) groups is 1. The van der Waals surface area contributed by atoms with Crippen LogP contribution in [0.25, 0.3) is 11.3 Å². The Hall–Kier alpha value is -2.47. The van der Waals surface area contributed by atoms with Crippen LogP contribution in [0, 0.1) is 6.92 Å². The van der Waals surface area contributed by atoms with Gasteiger partial charge in [-0.15, -0.1) is 0 Å². The van der Waals surface area contributed by atoms with Crippen LogP contribution in [0.1, 0.15) is 16.1 Å². The van der Waals surface area contributed by atoms with Gasteiger partial charge in [0.1, 0.15) is 0 Å². The molecule has 106 valence electrons. The summed E-state index contributed by atoms with van der Waals surface area (Å²) in [5.74, 6) is -0.176.